The molecule has 1 unspecified atom stereocenters. The summed E-state index contributed by atoms with van der Waals surface area (Å²) in [5, 5.41) is 14.1. The Balaban J connectivity index is 2.72. The Morgan fingerprint density at radius 1 is 1.08 bits per heavy atom. The second-order valence-corrected chi connectivity index (χ2v) is 6.44. The first kappa shape index (κ1) is 21.1. The monoisotopic (exact) mass is 360 g/mol. The van der Waals surface area contributed by atoms with E-state index in [0.717, 1.165) is 6.08 Å². The fraction of sp³-hybridized carbons (Fsp3) is 0.368. The number of aliphatic carboxylic acids is 1. The van der Waals surface area contributed by atoms with Gasteiger partial charge in [0.25, 0.3) is 5.91 Å². The third-order valence-corrected chi connectivity index (χ3v) is 3.58. The highest BCUT2D eigenvalue weighted by atomic mass is 16.4. The number of hydrogen-bond donors (Lipinski definition) is 3. The molecule has 26 heavy (non-hydrogen) atoms. The number of amides is 2. The minimum absolute atomic E-state index is 0.0787. The van der Waals surface area contributed by atoms with Crippen molar-refractivity contribution in [3.8, 4) is 0 Å². The van der Waals surface area contributed by atoms with Gasteiger partial charge in [0.2, 0.25) is 5.91 Å². The van der Waals surface area contributed by atoms with Gasteiger partial charge in [-0.25, -0.2) is 4.79 Å². The van der Waals surface area contributed by atoms with Gasteiger partial charge in [0, 0.05) is 22.9 Å². The topological polar surface area (TPSA) is 113 Å². The van der Waals surface area contributed by atoms with Crippen LogP contribution >= 0.6 is 0 Å². The van der Waals surface area contributed by atoms with Crippen molar-refractivity contribution in [2.45, 2.75) is 40.2 Å². The van der Waals surface area contributed by atoms with Crippen LogP contribution in [0.1, 0.15) is 44.5 Å². The number of Topliss-reactive ketones (excluding diaryl/α,β-unsaturated/α-hetero) is 1. The average molecular weight is 360 g/mol. The molecule has 0 saturated heterocycles. The molecule has 0 fully saturated rings. The van der Waals surface area contributed by atoms with E-state index in [9.17, 15) is 19.2 Å². The molecule has 3 N–H and O–H groups in total. The first-order valence-electron chi connectivity index (χ1n) is 8.24. The van der Waals surface area contributed by atoms with Gasteiger partial charge in [0.15, 0.2) is 5.78 Å². The molecule has 2 amide bonds. The van der Waals surface area contributed by atoms with E-state index in [1.807, 2.05) is 13.8 Å². The van der Waals surface area contributed by atoms with Crippen molar-refractivity contribution in [3.63, 3.8) is 0 Å². The number of benzene rings is 1. The summed E-state index contributed by atoms with van der Waals surface area (Å²) < 4.78 is 0. The fourth-order valence-corrected chi connectivity index (χ4v) is 2.19. The van der Waals surface area contributed by atoms with E-state index in [1.165, 1.54) is 13.8 Å². The van der Waals surface area contributed by atoms with Crippen LogP contribution in [0, 0.1) is 5.92 Å². The Hall–Kier alpha value is -2.96. The van der Waals surface area contributed by atoms with Crippen LogP contribution < -0.4 is 10.6 Å². The molecule has 7 heteroatoms. The summed E-state index contributed by atoms with van der Waals surface area (Å²) in [6.45, 7) is 6.61. The molecule has 0 aliphatic carbocycles. The number of ketones is 1. The summed E-state index contributed by atoms with van der Waals surface area (Å²) in [6.07, 6.45) is 1.36. The van der Waals surface area contributed by atoms with E-state index in [0.29, 0.717) is 17.7 Å². The molecule has 0 heterocycles. The lowest BCUT2D eigenvalue weighted by Gasteiger charge is -2.15. The molecule has 1 aromatic rings. The smallest absolute Gasteiger partial charge is 0.326 e. The molecule has 0 saturated carbocycles. The summed E-state index contributed by atoms with van der Waals surface area (Å²) >= 11 is 0. The Morgan fingerprint density at radius 2 is 1.65 bits per heavy atom. The molecule has 7 nitrogen and oxygen atoms in total. The summed E-state index contributed by atoms with van der Waals surface area (Å²) in [6, 6.07) is 5.35. The maximum atomic E-state index is 12.1. The number of carbonyl (C=O) groups is 4. The van der Waals surface area contributed by atoms with Crippen LogP contribution in [0.15, 0.2) is 35.9 Å². The van der Waals surface area contributed by atoms with Gasteiger partial charge in [-0.3, -0.25) is 14.4 Å². The summed E-state index contributed by atoms with van der Waals surface area (Å²) in [7, 11) is 0. The molecule has 1 rings (SSSR count). The molecule has 0 aliphatic rings. The molecule has 0 spiro atoms. The molecule has 1 aromatic carbocycles. The van der Waals surface area contributed by atoms with Crippen LogP contribution in [0.5, 0.6) is 0 Å². The van der Waals surface area contributed by atoms with Crippen molar-refractivity contribution >= 4 is 29.3 Å². The minimum atomic E-state index is -1.12. The van der Waals surface area contributed by atoms with Gasteiger partial charge in [-0.05, 0) is 50.5 Å². The van der Waals surface area contributed by atoms with Gasteiger partial charge in [-0.15, -0.1) is 0 Å². The van der Waals surface area contributed by atoms with Crippen LogP contribution in [-0.2, 0) is 14.4 Å². The highest BCUT2D eigenvalue weighted by molar-refractivity contribution is 6.07. The third-order valence-electron chi connectivity index (χ3n) is 3.58. The number of hydrogen-bond acceptors (Lipinski definition) is 4. The Bertz CT molecular complexity index is 720. The van der Waals surface area contributed by atoms with E-state index in [2.05, 4.69) is 10.6 Å². The van der Waals surface area contributed by atoms with Crippen LogP contribution in [0.2, 0.25) is 0 Å². The zero-order valence-corrected chi connectivity index (χ0v) is 15.3. The lowest BCUT2D eigenvalue weighted by molar-refractivity contribution is -0.141. The first-order valence-corrected chi connectivity index (χ1v) is 8.24. The molecule has 0 aliphatic heterocycles. The maximum Gasteiger partial charge on any atom is 0.326 e. The predicted molar refractivity (Wildman–Crippen MR) is 97.9 cm³/mol. The van der Waals surface area contributed by atoms with Gasteiger partial charge in [0.05, 0.1) is 0 Å². The highest BCUT2D eigenvalue weighted by Gasteiger charge is 2.20. The molecule has 0 radical (unpaired) electrons. The molecule has 140 valence electrons. The van der Waals surface area contributed by atoms with Crippen LogP contribution in [0.3, 0.4) is 0 Å². The number of carboxylic acids is 1. The number of carbonyl (C=O) groups excluding carboxylic acids is 3. The number of nitrogens with one attached hydrogen (secondary N) is 2. The quantitative estimate of drug-likeness (QED) is 0.487. The average Bonchev–Trinajstić information content (AvgIpc) is 2.53. The Morgan fingerprint density at radius 3 is 2.12 bits per heavy atom. The van der Waals surface area contributed by atoms with Gasteiger partial charge in [-0.2, -0.15) is 0 Å². The number of carboxylic acid groups (broad SMARTS) is 1. The van der Waals surface area contributed by atoms with Crippen LogP contribution in [-0.4, -0.2) is 34.7 Å². The van der Waals surface area contributed by atoms with E-state index >= 15 is 0 Å². The Labute approximate surface area is 152 Å². The van der Waals surface area contributed by atoms with Crippen molar-refractivity contribution < 1.29 is 24.3 Å². The zero-order chi connectivity index (χ0) is 19.9. The summed E-state index contributed by atoms with van der Waals surface area (Å²) in [4.78, 5) is 46.5. The SMILES string of the molecule is CC(=O)c1ccc(NC(=O)/C(C)=C\C(=O)NC(CC(C)C)C(=O)O)cc1. The van der Waals surface area contributed by atoms with Crippen molar-refractivity contribution in [2.75, 3.05) is 5.32 Å². The van der Waals surface area contributed by atoms with Crippen molar-refractivity contribution in [1.29, 1.82) is 0 Å². The minimum Gasteiger partial charge on any atom is -0.480 e. The van der Waals surface area contributed by atoms with Crippen LogP contribution in [0.4, 0.5) is 5.69 Å². The van der Waals surface area contributed by atoms with Gasteiger partial charge < -0.3 is 15.7 Å². The van der Waals surface area contributed by atoms with Crippen molar-refractivity contribution in [1.82, 2.24) is 5.32 Å². The predicted octanol–water partition coefficient (Wildman–Crippen LogP) is 2.39. The van der Waals surface area contributed by atoms with E-state index < -0.39 is 23.8 Å². The molecule has 1 atom stereocenters. The largest absolute Gasteiger partial charge is 0.480 e. The fourth-order valence-electron chi connectivity index (χ4n) is 2.19. The van der Waals surface area contributed by atoms with Gasteiger partial charge in [0.1, 0.15) is 6.04 Å². The summed E-state index contributed by atoms with van der Waals surface area (Å²) in [5.74, 6) is -2.23. The standard InChI is InChI=1S/C19H24N2O5/c1-11(2)9-16(19(25)26)21-17(23)10-12(3)18(24)20-15-7-5-14(6-8-15)13(4)22/h5-8,10-11,16H,9H2,1-4H3,(H,20,24)(H,21,23)(H,25,26)/b12-10-. The Kier molecular flexibility index (Phi) is 7.71. The van der Waals surface area contributed by atoms with Crippen molar-refractivity contribution in [2.24, 2.45) is 5.92 Å². The number of anilines is 1. The maximum absolute atomic E-state index is 12.1. The van der Waals surface area contributed by atoms with E-state index in [-0.39, 0.29) is 17.3 Å². The normalized spacial score (nSPS) is 12.4. The van der Waals surface area contributed by atoms with Gasteiger partial charge in [-0.1, -0.05) is 13.8 Å². The van der Waals surface area contributed by atoms with Crippen molar-refractivity contribution in [3.05, 3.63) is 41.5 Å². The van der Waals surface area contributed by atoms with Crippen LogP contribution in [0.25, 0.3) is 0 Å². The zero-order valence-electron chi connectivity index (χ0n) is 15.3. The van der Waals surface area contributed by atoms with Gasteiger partial charge >= 0.3 is 5.97 Å². The summed E-state index contributed by atoms with van der Waals surface area (Å²) in [5.41, 5.74) is 1.14. The molecule has 0 aromatic heterocycles. The number of rotatable bonds is 8. The lowest BCUT2D eigenvalue weighted by Crippen LogP contribution is -2.41. The lowest BCUT2D eigenvalue weighted by atomic mass is 10.0. The highest BCUT2D eigenvalue weighted by Crippen LogP contribution is 2.11. The second-order valence-electron chi connectivity index (χ2n) is 6.44. The van der Waals surface area contributed by atoms with E-state index in [1.54, 1.807) is 24.3 Å². The molecular formula is C19H24N2O5. The first-order chi connectivity index (χ1) is 12.1. The second kappa shape index (κ2) is 9.50. The molecule has 0 bridgehead atoms. The van der Waals surface area contributed by atoms with E-state index in [4.69, 9.17) is 5.11 Å². The molecular weight excluding hydrogens is 336 g/mol. The third kappa shape index (κ3) is 6.88.